The Labute approximate surface area is 149 Å². The molecule has 2 aromatic carbocycles. The number of fused-ring (bicyclic) bond motifs is 3. The molecule has 1 spiro atoms. The van der Waals surface area contributed by atoms with Crippen molar-refractivity contribution in [2.75, 3.05) is 17.3 Å². The van der Waals surface area contributed by atoms with Crippen molar-refractivity contribution >= 4 is 23.3 Å². The number of hydrogen-bond donors (Lipinski definition) is 2. The highest BCUT2D eigenvalue weighted by molar-refractivity contribution is 6.14. The van der Waals surface area contributed by atoms with Crippen molar-refractivity contribution in [3.05, 3.63) is 71.9 Å². The van der Waals surface area contributed by atoms with Gasteiger partial charge in [0.2, 0.25) is 5.66 Å². The van der Waals surface area contributed by atoms with Crippen LogP contribution in [0.3, 0.4) is 0 Å². The van der Waals surface area contributed by atoms with Crippen molar-refractivity contribution in [2.24, 2.45) is 0 Å². The Morgan fingerprint density at radius 1 is 0.962 bits per heavy atom. The number of hydrogen-bond acceptors (Lipinski definition) is 4. The number of para-hydroxylation sites is 2. The lowest BCUT2D eigenvalue weighted by Crippen LogP contribution is -2.60. The topological polar surface area (TPSA) is 79.3 Å². The van der Waals surface area contributed by atoms with E-state index in [1.165, 1.54) is 6.20 Å². The molecule has 1 aromatic heterocycles. The van der Waals surface area contributed by atoms with E-state index in [0.717, 1.165) is 11.4 Å². The third kappa shape index (κ3) is 1.74. The number of nitrogens with one attached hydrogen (secondary N) is 2. The van der Waals surface area contributed by atoms with Crippen molar-refractivity contribution in [3.63, 3.8) is 0 Å². The molecule has 128 valence electrons. The van der Waals surface area contributed by atoms with Crippen LogP contribution in [0, 0.1) is 0 Å². The molecule has 0 saturated heterocycles. The predicted molar refractivity (Wildman–Crippen MR) is 96.2 cm³/mol. The first-order valence-electron chi connectivity index (χ1n) is 8.23. The predicted octanol–water partition coefficient (Wildman–Crippen LogP) is 1.86. The van der Waals surface area contributed by atoms with Crippen molar-refractivity contribution in [3.8, 4) is 5.69 Å². The van der Waals surface area contributed by atoms with Gasteiger partial charge in [-0.1, -0.05) is 36.4 Å². The summed E-state index contributed by atoms with van der Waals surface area (Å²) in [5.41, 5.74) is 1.35. The van der Waals surface area contributed by atoms with E-state index in [4.69, 9.17) is 0 Å². The maximum atomic E-state index is 13.1. The van der Waals surface area contributed by atoms with Gasteiger partial charge in [-0.05, 0) is 18.2 Å². The first kappa shape index (κ1) is 14.7. The van der Waals surface area contributed by atoms with Crippen LogP contribution < -0.4 is 15.5 Å². The molecule has 3 aromatic rings. The van der Waals surface area contributed by atoms with Gasteiger partial charge in [0.1, 0.15) is 11.4 Å². The summed E-state index contributed by atoms with van der Waals surface area (Å²) in [4.78, 5) is 27.4. The Balaban J connectivity index is 1.71. The van der Waals surface area contributed by atoms with E-state index in [1.54, 1.807) is 16.6 Å². The number of nitrogens with zero attached hydrogens (tertiary/aromatic N) is 3. The average molecular weight is 345 g/mol. The third-order valence-corrected chi connectivity index (χ3v) is 4.92. The zero-order chi connectivity index (χ0) is 17.9. The first-order chi connectivity index (χ1) is 12.6. The number of carbonyl (C=O) groups excluding carboxylic acids is 2. The lowest BCUT2D eigenvalue weighted by atomic mass is 9.97. The summed E-state index contributed by atoms with van der Waals surface area (Å²) in [5, 5.41) is 10.5. The fraction of sp³-hybridized carbons (Fsp3) is 0.105. The smallest absolute Gasteiger partial charge is 0.278 e. The maximum absolute atomic E-state index is 13.1. The van der Waals surface area contributed by atoms with Gasteiger partial charge in [-0.25, -0.2) is 4.68 Å². The minimum atomic E-state index is -1.33. The lowest BCUT2D eigenvalue weighted by Gasteiger charge is -2.35. The molecular formula is C19H15N5O2. The van der Waals surface area contributed by atoms with Gasteiger partial charge in [-0.2, -0.15) is 5.10 Å². The van der Waals surface area contributed by atoms with Gasteiger partial charge in [-0.15, -0.1) is 0 Å². The molecular weight excluding hydrogens is 330 g/mol. The highest BCUT2D eigenvalue weighted by atomic mass is 16.2. The molecule has 3 heterocycles. The summed E-state index contributed by atoms with van der Waals surface area (Å²) in [6.45, 7) is 0. The Bertz CT molecular complexity index is 1060. The zero-order valence-corrected chi connectivity index (χ0v) is 13.9. The molecule has 2 aliphatic heterocycles. The molecule has 5 rings (SSSR count). The Morgan fingerprint density at radius 2 is 1.69 bits per heavy atom. The molecule has 0 radical (unpaired) electrons. The number of amides is 2. The van der Waals surface area contributed by atoms with E-state index >= 15 is 0 Å². The third-order valence-electron chi connectivity index (χ3n) is 4.92. The first-order valence-corrected chi connectivity index (χ1v) is 8.23. The molecule has 0 bridgehead atoms. The molecule has 7 heteroatoms. The van der Waals surface area contributed by atoms with Gasteiger partial charge >= 0.3 is 0 Å². The van der Waals surface area contributed by atoms with Gasteiger partial charge in [0, 0.05) is 12.6 Å². The van der Waals surface area contributed by atoms with Crippen LogP contribution in [0.4, 0.5) is 11.5 Å². The number of anilines is 2. The SMILES string of the molecule is CN1C(=O)C2(NC(=O)c3cnn(-c4ccccc4)c3N2)c2ccccc21. The summed E-state index contributed by atoms with van der Waals surface area (Å²) in [6, 6.07) is 16.9. The van der Waals surface area contributed by atoms with Crippen molar-refractivity contribution in [1.29, 1.82) is 0 Å². The zero-order valence-electron chi connectivity index (χ0n) is 13.9. The summed E-state index contributed by atoms with van der Waals surface area (Å²) >= 11 is 0. The minimum Gasteiger partial charge on any atom is -0.335 e. The van der Waals surface area contributed by atoms with Gasteiger partial charge in [0.15, 0.2) is 0 Å². The highest BCUT2D eigenvalue weighted by Crippen LogP contribution is 2.42. The van der Waals surface area contributed by atoms with Gasteiger partial charge in [-0.3, -0.25) is 9.59 Å². The van der Waals surface area contributed by atoms with Crippen LogP contribution in [0.25, 0.3) is 5.69 Å². The number of rotatable bonds is 1. The fourth-order valence-electron chi connectivity index (χ4n) is 3.65. The molecule has 26 heavy (non-hydrogen) atoms. The van der Waals surface area contributed by atoms with Crippen LogP contribution in [0.2, 0.25) is 0 Å². The fourth-order valence-corrected chi connectivity index (χ4v) is 3.65. The lowest BCUT2D eigenvalue weighted by molar-refractivity contribution is -0.122. The molecule has 2 aliphatic rings. The van der Waals surface area contributed by atoms with Gasteiger partial charge in [0.05, 0.1) is 17.6 Å². The molecule has 0 fully saturated rings. The molecule has 0 saturated carbocycles. The van der Waals surface area contributed by atoms with Crippen molar-refractivity contribution in [1.82, 2.24) is 15.1 Å². The summed E-state index contributed by atoms with van der Waals surface area (Å²) in [6.07, 6.45) is 1.51. The van der Waals surface area contributed by atoms with Gasteiger partial charge in [0.25, 0.3) is 11.8 Å². The largest absolute Gasteiger partial charge is 0.335 e. The Hall–Kier alpha value is -3.61. The molecule has 2 amide bonds. The summed E-state index contributed by atoms with van der Waals surface area (Å²) in [5.74, 6) is -0.0729. The second-order valence-corrected chi connectivity index (χ2v) is 6.36. The number of benzene rings is 2. The molecule has 1 atom stereocenters. The van der Waals surface area contributed by atoms with Crippen LogP contribution in [0.1, 0.15) is 15.9 Å². The van der Waals surface area contributed by atoms with E-state index in [2.05, 4.69) is 15.7 Å². The Morgan fingerprint density at radius 3 is 2.50 bits per heavy atom. The van der Waals surface area contributed by atoms with E-state index in [0.29, 0.717) is 16.9 Å². The monoisotopic (exact) mass is 345 g/mol. The number of likely N-dealkylation sites (N-methyl/N-ethyl adjacent to an activating group) is 1. The van der Waals surface area contributed by atoms with Crippen LogP contribution in [-0.2, 0) is 10.5 Å². The van der Waals surface area contributed by atoms with Crippen LogP contribution in [0.15, 0.2) is 60.8 Å². The quantitative estimate of drug-likeness (QED) is 0.706. The summed E-state index contributed by atoms with van der Waals surface area (Å²) < 4.78 is 1.64. The van der Waals surface area contributed by atoms with Crippen LogP contribution >= 0.6 is 0 Å². The van der Waals surface area contributed by atoms with Crippen LogP contribution in [0.5, 0.6) is 0 Å². The highest BCUT2D eigenvalue weighted by Gasteiger charge is 2.54. The number of carbonyl (C=O) groups is 2. The molecule has 0 aliphatic carbocycles. The molecule has 7 nitrogen and oxygen atoms in total. The standard InChI is InChI=1S/C19H15N5O2/c1-23-15-10-6-5-9-14(15)19(18(23)26)21-16-13(17(25)22-19)11-20-24(16)12-7-3-2-4-8-12/h2-11,21H,1H3,(H,22,25). The summed E-state index contributed by atoms with van der Waals surface area (Å²) in [7, 11) is 1.70. The van der Waals surface area contributed by atoms with E-state index in [-0.39, 0.29) is 11.8 Å². The normalized spacial score (nSPS) is 20.6. The van der Waals surface area contributed by atoms with Crippen molar-refractivity contribution < 1.29 is 9.59 Å². The van der Waals surface area contributed by atoms with Crippen LogP contribution in [-0.4, -0.2) is 28.6 Å². The van der Waals surface area contributed by atoms with Crippen molar-refractivity contribution in [2.45, 2.75) is 5.66 Å². The average Bonchev–Trinajstić information content (AvgIpc) is 3.18. The minimum absolute atomic E-state index is 0.237. The maximum Gasteiger partial charge on any atom is 0.278 e. The van der Waals surface area contributed by atoms with E-state index < -0.39 is 5.66 Å². The molecule has 1 unspecified atom stereocenters. The Kier molecular flexibility index (Phi) is 2.80. The van der Waals surface area contributed by atoms with E-state index in [9.17, 15) is 9.59 Å². The van der Waals surface area contributed by atoms with E-state index in [1.807, 2.05) is 54.6 Å². The molecule has 2 N–H and O–H groups in total. The second kappa shape index (κ2) is 4.95. The van der Waals surface area contributed by atoms with Gasteiger partial charge < -0.3 is 15.5 Å². The second-order valence-electron chi connectivity index (χ2n) is 6.36. The number of aromatic nitrogens is 2.